The van der Waals surface area contributed by atoms with Crippen molar-refractivity contribution in [2.75, 3.05) is 31.4 Å². The van der Waals surface area contributed by atoms with Crippen LogP contribution in [0.3, 0.4) is 0 Å². The lowest BCUT2D eigenvalue weighted by Gasteiger charge is -2.24. The van der Waals surface area contributed by atoms with Crippen molar-refractivity contribution < 1.29 is 19.1 Å². The number of aryl methyl sites for hydroxylation is 1. The van der Waals surface area contributed by atoms with Gasteiger partial charge >= 0.3 is 6.03 Å². The molecule has 2 aromatic rings. The fraction of sp³-hybridized carbons (Fsp3) is 0.333. The summed E-state index contributed by atoms with van der Waals surface area (Å²) in [5.41, 5.74) is 2.42. The van der Waals surface area contributed by atoms with Crippen molar-refractivity contribution in [2.24, 2.45) is 0 Å². The van der Waals surface area contributed by atoms with Crippen molar-refractivity contribution in [1.82, 2.24) is 4.90 Å². The molecular formula is C21H25N3O4. The highest BCUT2D eigenvalue weighted by Crippen LogP contribution is 2.30. The van der Waals surface area contributed by atoms with Gasteiger partial charge in [0.1, 0.15) is 6.04 Å². The van der Waals surface area contributed by atoms with Crippen LogP contribution in [0, 0.1) is 6.92 Å². The van der Waals surface area contributed by atoms with Crippen molar-refractivity contribution in [3.63, 3.8) is 0 Å². The molecule has 1 atom stereocenters. The molecule has 0 spiro atoms. The number of rotatable bonds is 5. The quantitative estimate of drug-likeness (QED) is 0.826. The van der Waals surface area contributed by atoms with Crippen LogP contribution < -0.4 is 20.1 Å². The van der Waals surface area contributed by atoms with Gasteiger partial charge in [0.15, 0.2) is 11.5 Å². The number of carbonyl (C=O) groups excluding carboxylic acids is 2. The smallest absolute Gasteiger partial charge is 0.322 e. The lowest BCUT2D eigenvalue weighted by atomic mass is 10.2. The van der Waals surface area contributed by atoms with Gasteiger partial charge in [0.25, 0.3) is 0 Å². The Morgan fingerprint density at radius 2 is 1.64 bits per heavy atom. The van der Waals surface area contributed by atoms with Gasteiger partial charge in [0, 0.05) is 24.0 Å². The van der Waals surface area contributed by atoms with E-state index in [4.69, 9.17) is 9.47 Å². The highest BCUT2D eigenvalue weighted by Gasteiger charge is 2.34. The first-order valence-electron chi connectivity index (χ1n) is 9.19. The number of hydrogen-bond acceptors (Lipinski definition) is 4. The number of urea groups is 1. The number of nitrogens with one attached hydrogen (secondary N) is 2. The van der Waals surface area contributed by atoms with Gasteiger partial charge in [-0.3, -0.25) is 4.79 Å². The molecular weight excluding hydrogens is 358 g/mol. The molecule has 1 heterocycles. The SMILES string of the molecule is COc1ccc(NC(=O)[C@H]2CCCN2C(=O)Nc2ccc(C)cc2)cc1OC. The van der Waals surface area contributed by atoms with E-state index >= 15 is 0 Å². The van der Waals surface area contributed by atoms with Crippen LogP contribution in [0.1, 0.15) is 18.4 Å². The van der Waals surface area contributed by atoms with Crippen LogP contribution in [0.5, 0.6) is 11.5 Å². The number of methoxy groups -OCH3 is 2. The van der Waals surface area contributed by atoms with Crippen LogP contribution in [0.25, 0.3) is 0 Å². The normalized spacial score (nSPS) is 15.8. The zero-order valence-electron chi connectivity index (χ0n) is 16.3. The van der Waals surface area contributed by atoms with E-state index in [0.717, 1.165) is 12.0 Å². The van der Waals surface area contributed by atoms with Crippen molar-refractivity contribution >= 4 is 23.3 Å². The summed E-state index contributed by atoms with van der Waals surface area (Å²) in [6.07, 6.45) is 1.41. The molecule has 7 heteroatoms. The zero-order chi connectivity index (χ0) is 20.1. The minimum Gasteiger partial charge on any atom is -0.493 e. The van der Waals surface area contributed by atoms with E-state index < -0.39 is 6.04 Å². The Morgan fingerprint density at radius 1 is 0.964 bits per heavy atom. The van der Waals surface area contributed by atoms with Crippen LogP contribution >= 0.6 is 0 Å². The third-order valence-electron chi connectivity index (χ3n) is 4.77. The number of likely N-dealkylation sites (tertiary alicyclic amines) is 1. The van der Waals surface area contributed by atoms with Crippen molar-refractivity contribution in [3.8, 4) is 11.5 Å². The predicted octanol–water partition coefficient (Wildman–Crippen LogP) is 3.65. The lowest BCUT2D eigenvalue weighted by molar-refractivity contribution is -0.119. The molecule has 0 bridgehead atoms. The van der Waals surface area contributed by atoms with E-state index in [1.54, 1.807) is 30.2 Å². The highest BCUT2D eigenvalue weighted by molar-refractivity contribution is 5.99. The third-order valence-corrected chi connectivity index (χ3v) is 4.77. The Labute approximate surface area is 164 Å². The fourth-order valence-electron chi connectivity index (χ4n) is 3.25. The van der Waals surface area contributed by atoms with Crippen molar-refractivity contribution in [1.29, 1.82) is 0 Å². The van der Waals surface area contributed by atoms with Crippen LogP contribution in [0.15, 0.2) is 42.5 Å². The van der Waals surface area contributed by atoms with E-state index in [1.165, 1.54) is 7.11 Å². The second-order valence-electron chi connectivity index (χ2n) is 6.71. The summed E-state index contributed by atoms with van der Waals surface area (Å²) in [7, 11) is 3.09. The maximum atomic E-state index is 12.8. The maximum Gasteiger partial charge on any atom is 0.322 e. The highest BCUT2D eigenvalue weighted by atomic mass is 16.5. The Balaban J connectivity index is 1.67. The first kappa shape index (κ1) is 19.5. The van der Waals surface area contributed by atoms with Gasteiger partial charge in [0.2, 0.25) is 5.91 Å². The number of ether oxygens (including phenoxy) is 2. The monoisotopic (exact) mass is 383 g/mol. The topological polar surface area (TPSA) is 79.9 Å². The number of benzene rings is 2. The minimum absolute atomic E-state index is 0.219. The van der Waals surface area contributed by atoms with E-state index in [2.05, 4.69) is 10.6 Å². The number of hydrogen-bond donors (Lipinski definition) is 2. The number of anilines is 2. The molecule has 28 heavy (non-hydrogen) atoms. The lowest BCUT2D eigenvalue weighted by Crippen LogP contribution is -2.45. The van der Waals surface area contributed by atoms with Gasteiger partial charge in [-0.2, -0.15) is 0 Å². The van der Waals surface area contributed by atoms with Gasteiger partial charge in [-0.25, -0.2) is 4.79 Å². The minimum atomic E-state index is -0.515. The van der Waals surface area contributed by atoms with Crippen LogP contribution in [-0.4, -0.2) is 43.6 Å². The molecule has 3 rings (SSSR count). The Hall–Kier alpha value is -3.22. The molecule has 0 unspecified atom stereocenters. The first-order valence-corrected chi connectivity index (χ1v) is 9.19. The third kappa shape index (κ3) is 4.36. The molecule has 0 saturated carbocycles. The number of amides is 3. The summed E-state index contributed by atoms with van der Waals surface area (Å²) in [5.74, 6) is 0.893. The second-order valence-corrected chi connectivity index (χ2v) is 6.71. The first-order chi connectivity index (χ1) is 13.5. The molecule has 7 nitrogen and oxygen atoms in total. The van der Waals surface area contributed by atoms with Crippen LogP contribution in [-0.2, 0) is 4.79 Å². The molecule has 0 aliphatic carbocycles. The Kier molecular flexibility index (Phi) is 6.03. The maximum absolute atomic E-state index is 12.8. The van der Waals surface area contributed by atoms with Gasteiger partial charge < -0.3 is 25.0 Å². The fourth-order valence-corrected chi connectivity index (χ4v) is 3.25. The zero-order valence-corrected chi connectivity index (χ0v) is 16.3. The van der Waals surface area contributed by atoms with E-state index in [-0.39, 0.29) is 11.9 Å². The average Bonchev–Trinajstić information content (AvgIpc) is 3.20. The molecule has 1 aliphatic rings. The van der Waals surface area contributed by atoms with E-state index in [9.17, 15) is 9.59 Å². The molecule has 2 aromatic carbocycles. The summed E-state index contributed by atoms with van der Waals surface area (Å²) in [6.45, 7) is 2.53. The number of carbonyl (C=O) groups is 2. The Morgan fingerprint density at radius 3 is 2.32 bits per heavy atom. The molecule has 1 fully saturated rings. The van der Waals surface area contributed by atoms with Gasteiger partial charge in [0.05, 0.1) is 14.2 Å². The number of nitrogens with zero attached hydrogens (tertiary/aromatic N) is 1. The van der Waals surface area contributed by atoms with E-state index in [1.807, 2.05) is 31.2 Å². The van der Waals surface area contributed by atoms with Gasteiger partial charge in [-0.1, -0.05) is 17.7 Å². The summed E-state index contributed by atoms with van der Waals surface area (Å²) >= 11 is 0. The molecule has 0 radical (unpaired) electrons. The van der Waals surface area contributed by atoms with Gasteiger partial charge in [-0.05, 0) is 44.0 Å². The molecule has 1 aliphatic heterocycles. The van der Waals surface area contributed by atoms with Gasteiger partial charge in [-0.15, -0.1) is 0 Å². The molecule has 3 amide bonds. The summed E-state index contributed by atoms with van der Waals surface area (Å²) in [5, 5.41) is 5.73. The standard InChI is InChI=1S/C21H25N3O4/c1-14-6-8-15(9-7-14)23-21(26)24-12-4-5-17(24)20(25)22-16-10-11-18(27-2)19(13-16)28-3/h6-11,13,17H,4-5,12H2,1-3H3,(H,22,25)(H,23,26)/t17-/m1/s1. The van der Waals surface area contributed by atoms with Crippen molar-refractivity contribution in [3.05, 3.63) is 48.0 Å². The second kappa shape index (κ2) is 8.65. The molecule has 1 saturated heterocycles. The summed E-state index contributed by atoms with van der Waals surface area (Å²) < 4.78 is 10.5. The van der Waals surface area contributed by atoms with Crippen molar-refractivity contribution in [2.45, 2.75) is 25.8 Å². The molecule has 2 N–H and O–H groups in total. The predicted molar refractivity (Wildman–Crippen MR) is 108 cm³/mol. The Bertz CT molecular complexity index is 851. The van der Waals surface area contributed by atoms with E-state index in [0.29, 0.717) is 35.8 Å². The molecule has 148 valence electrons. The summed E-state index contributed by atoms with van der Waals surface area (Å²) in [6, 6.07) is 11.9. The average molecular weight is 383 g/mol. The van der Waals surface area contributed by atoms with Crippen LogP contribution in [0.2, 0.25) is 0 Å². The van der Waals surface area contributed by atoms with Crippen LogP contribution in [0.4, 0.5) is 16.2 Å². The molecule has 0 aromatic heterocycles. The largest absolute Gasteiger partial charge is 0.493 e. The summed E-state index contributed by atoms with van der Waals surface area (Å²) in [4.78, 5) is 27.0.